The Morgan fingerprint density at radius 1 is 1.28 bits per heavy atom. The van der Waals surface area contributed by atoms with Gasteiger partial charge in [0.2, 0.25) is 5.91 Å². The molecule has 1 amide bonds. The zero-order valence-electron chi connectivity index (χ0n) is 11.2. The third kappa shape index (κ3) is 3.25. The number of carbonyl (C=O) groups is 1. The molecule has 0 spiro atoms. The molecule has 5 heteroatoms. The highest BCUT2D eigenvalue weighted by Crippen LogP contribution is 2.38. The second kappa shape index (κ2) is 6.35. The summed E-state index contributed by atoms with van der Waals surface area (Å²) in [7, 11) is 1.74. The zero-order chi connectivity index (χ0) is 13.0. The van der Waals surface area contributed by atoms with Gasteiger partial charge in [0.1, 0.15) is 0 Å². The van der Waals surface area contributed by atoms with Crippen LogP contribution in [0, 0.1) is 0 Å². The molecule has 0 radical (unpaired) electrons. The number of methoxy groups -OCH3 is 1. The van der Waals surface area contributed by atoms with E-state index in [1.54, 1.807) is 7.11 Å². The van der Waals surface area contributed by atoms with Crippen molar-refractivity contribution in [2.24, 2.45) is 0 Å². The normalized spacial score (nSPS) is 23.8. The van der Waals surface area contributed by atoms with Gasteiger partial charge in [-0.1, -0.05) is 15.9 Å². The van der Waals surface area contributed by atoms with E-state index in [1.165, 1.54) is 6.42 Å². The maximum Gasteiger partial charge on any atom is 0.225 e. The maximum absolute atomic E-state index is 12.2. The first-order valence-electron chi connectivity index (χ1n) is 6.80. The number of piperazine rings is 1. The molecule has 0 atom stereocenters. The lowest BCUT2D eigenvalue weighted by Gasteiger charge is -2.42. The summed E-state index contributed by atoms with van der Waals surface area (Å²) in [5.41, 5.74) is -0.135. The van der Waals surface area contributed by atoms with Crippen LogP contribution >= 0.6 is 15.9 Å². The van der Waals surface area contributed by atoms with E-state index in [4.69, 9.17) is 4.74 Å². The van der Waals surface area contributed by atoms with E-state index in [1.807, 2.05) is 4.90 Å². The van der Waals surface area contributed by atoms with Crippen LogP contribution in [0.3, 0.4) is 0 Å². The standard InChI is InChI=1S/C13H23BrN2O2/c1-18-13(3-2-4-13)11-12(17)16-9-7-15(6-5-14)8-10-16/h2-11H2,1H3. The molecular weight excluding hydrogens is 296 g/mol. The lowest BCUT2D eigenvalue weighted by Crippen LogP contribution is -2.52. The number of hydrogen-bond donors (Lipinski definition) is 0. The largest absolute Gasteiger partial charge is 0.378 e. The van der Waals surface area contributed by atoms with Crippen molar-refractivity contribution in [3.05, 3.63) is 0 Å². The molecule has 2 rings (SSSR count). The molecular formula is C13H23BrN2O2. The highest BCUT2D eigenvalue weighted by Gasteiger charge is 2.40. The highest BCUT2D eigenvalue weighted by molar-refractivity contribution is 9.09. The number of rotatable bonds is 5. The van der Waals surface area contributed by atoms with Crippen LogP contribution in [0.4, 0.5) is 0 Å². The molecule has 0 aromatic carbocycles. The van der Waals surface area contributed by atoms with Gasteiger partial charge >= 0.3 is 0 Å². The van der Waals surface area contributed by atoms with Gasteiger partial charge in [-0.2, -0.15) is 0 Å². The van der Waals surface area contributed by atoms with Gasteiger partial charge in [-0.25, -0.2) is 0 Å². The third-order valence-electron chi connectivity index (χ3n) is 4.30. The van der Waals surface area contributed by atoms with Crippen molar-refractivity contribution >= 4 is 21.8 Å². The zero-order valence-corrected chi connectivity index (χ0v) is 12.7. The molecule has 2 aliphatic rings. The molecule has 104 valence electrons. The van der Waals surface area contributed by atoms with Crippen molar-refractivity contribution in [2.45, 2.75) is 31.3 Å². The van der Waals surface area contributed by atoms with Crippen LogP contribution in [0.25, 0.3) is 0 Å². The monoisotopic (exact) mass is 318 g/mol. The SMILES string of the molecule is COC1(CC(=O)N2CCN(CCBr)CC2)CCC1. The summed E-state index contributed by atoms with van der Waals surface area (Å²) in [5, 5.41) is 1.01. The molecule has 1 saturated carbocycles. The fraction of sp³-hybridized carbons (Fsp3) is 0.923. The summed E-state index contributed by atoms with van der Waals surface area (Å²) in [6, 6.07) is 0. The molecule has 1 saturated heterocycles. The summed E-state index contributed by atoms with van der Waals surface area (Å²) in [5.74, 6) is 0.273. The van der Waals surface area contributed by atoms with Gasteiger partial charge in [-0.3, -0.25) is 9.69 Å². The van der Waals surface area contributed by atoms with E-state index in [0.717, 1.165) is 50.9 Å². The van der Waals surface area contributed by atoms with Crippen molar-refractivity contribution in [2.75, 3.05) is 45.2 Å². The molecule has 2 fully saturated rings. The predicted octanol–water partition coefficient (Wildman–Crippen LogP) is 1.48. The number of carbonyl (C=O) groups excluding carboxylic acids is 1. The smallest absolute Gasteiger partial charge is 0.225 e. The minimum atomic E-state index is -0.135. The van der Waals surface area contributed by atoms with Crippen LogP contribution in [0.1, 0.15) is 25.7 Å². The van der Waals surface area contributed by atoms with Gasteiger partial charge in [-0.05, 0) is 19.3 Å². The molecule has 1 aliphatic carbocycles. The van der Waals surface area contributed by atoms with Gasteiger partial charge < -0.3 is 9.64 Å². The summed E-state index contributed by atoms with van der Waals surface area (Å²) in [6.45, 7) is 4.80. The number of nitrogens with zero attached hydrogens (tertiary/aromatic N) is 2. The molecule has 0 N–H and O–H groups in total. The number of halogens is 1. The minimum Gasteiger partial charge on any atom is -0.378 e. The van der Waals surface area contributed by atoms with Crippen molar-refractivity contribution in [3.8, 4) is 0 Å². The number of alkyl halides is 1. The fourth-order valence-corrected chi connectivity index (χ4v) is 3.25. The van der Waals surface area contributed by atoms with Gasteiger partial charge in [0.15, 0.2) is 0 Å². The van der Waals surface area contributed by atoms with E-state index < -0.39 is 0 Å². The van der Waals surface area contributed by atoms with E-state index in [-0.39, 0.29) is 11.5 Å². The Hall–Kier alpha value is -0.130. The highest BCUT2D eigenvalue weighted by atomic mass is 79.9. The van der Waals surface area contributed by atoms with E-state index in [0.29, 0.717) is 6.42 Å². The number of hydrogen-bond acceptors (Lipinski definition) is 3. The van der Waals surface area contributed by atoms with Crippen molar-refractivity contribution in [1.29, 1.82) is 0 Å². The van der Waals surface area contributed by atoms with Crippen LogP contribution in [-0.4, -0.2) is 66.5 Å². The van der Waals surface area contributed by atoms with Crippen LogP contribution in [0.5, 0.6) is 0 Å². The summed E-state index contributed by atoms with van der Waals surface area (Å²) in [6.07, 6.45) is 3.85. The first kappa shape index (κ1) is 14.3. The van der Waals surface area contributed by atoms with Crippen LogP contribution in [0.15, 0.2) is 0 Å². The topological polar surface area (TPSA) is 32.8 Å². The first-order valence-corrected chi connectivity index (χ1v) is 7.92. The van der Waals surface area contributed by atoms with E-state index >= 15 is 0 Å². The summed E-state index contributed by atoms with van der Waals surface area (Å²) in [4.78, 5) is 16.6. The average Bonchev–Trinajstić information content (AvgIpc) is 2.35. The minimum absolute atomic E-state index is 0.135. The lowest BCUT2D eigenvalue weighted by atomic mass is 9.77. The number of amides is 1. The van der Waals surface area contributed by atoms with E-state index in [2.05, 4.69) is 20.8 Å². The third-order valence-corrected chi connectivity index (χ3v) is 4.65. The lowest BCUT2D eigenvalue weighted by molar-refractivity contribution is -0.145. The van der Waals surface area contributed by atoms with E-state index in [9.17, 15) is 4.79 Å². The van der Waals surface area contributed by atoms with Crippen molar-refractivity contribution in [3.63, 3.8) is 0 Å². The molecule has 4 nitrogen and oxygen atoms in total. The summed E-state index contributed by atoms with van der Waals surface area (Å²) >= 11 is 3.46. The van der Waals surface area contributed by atoms with Gasteiger partial charge in [-0.15, -0.1) is 0 Å². The van der Waals surface area contributed by atoms with Gasteiger partial charge in [0.25, 0.3) is 0 Å². The average molecular weight is 319 g/mol. The molecule has 1 aliphatic heterocycles. The van der Waals surface area contributed by atoms with Crippen LogP contribution < -0.4 is 0 Å². The molecule has 0 unspecified atom stereocenters. The molecule has 0 aromatic rings. The Labute approximate surface area is 118 Å². The fourth-order valence-electron chi connectivity index (χ4n) is 2.75. The van der Waals surface area contributed by atoms with Crippen molar-refractivity contribution in [1.82, 2.24) is 9.80 Å². The maximum atomic E-state index is 12.2. The summed E-state index contributed by atoms with van der Waals surface area (Å²) < 4.78 is 5.53. The van der Waals surface area contributed by atoms with Crippen LogP contribution in [-0.2, 0) is 9.53 Å². The molecule has 0 aromatic heterocycles. The Kier molecular flexibility index (Phi) is 5.04. The molecule has 1 heterocycles. The molecule has 18 heavy (non-hydrogen) atoms. The van der Waals surface area contributed by atoms with Gasteiger partial charge in [0, 0.05) is 45.2 Å². The van der Waals surface area contributed by atoms with Crippen molar-refractivity contribution < 1.29 is 9.53 Å². The Bertz CT molecular complexity index is 281. The second-order valence-electron chi connectivity index (χ2n) is 5.33. The quantitative estimate of drug-likeness (QED) is 0.720. The Balaban J connectivity index is 1.77. The Morgan fingerprint density at radius 3 is 2.39 bits per heavy atom. The second-order valence-corrected chi connectivity index (χ2v) is 6.12. The Morgan fingerprint density at radius 2 is 1.94 bits per heavy atom. The molecule has 0 bridgehead atoms. The number of ether oxygens (including phenoxy) is 1. The predicted molar refractivity (Wildman–Crippen MR) is 75.0 cm³/mol. The van der Waals surface area contributed by atoms with Crippen LogP contribution in [0.2, 0.25) is 0 Å². The first-order chi connectivity index (χ1) is 8.69. The van der Waals surface area contributed by atoms with Gasteiger partial charge in [0.05, 0.1) is 12.0 Å².